The highest BCUT2D eigenvalue weighted by Crippen LogP contribution is 2.26. The highest BCUT2D eigenvalue weighted by molar-refractivity contribution is 5.95. The molecule has 0 fully saturated rings. The van der Waals surface area contributed by atoms with E-state index in [1.54, 1.807) is 30.0 Å². The molecule has 6 nitrogen and oxygen atoms in total. The van der Waals surface area contributed by atoms with Gasteiger partial charge in [0.05, 0.1) is 17.8 Å². The van der Waals surface area contributed by atoms with Gasteiger partial charge in [-0.05, 0) is 64.3 Å². The van der Waals surface area contributed by atoms with Gasteiger partial charge in [-0.2, -0.15) is 5.10 Å². The van der Waals surface area contributed by atoms with Crippen LogP contribution in [0.2, 0.25) is 0 Å². The number of allylic oxidation sites excluding steroid dienone is 1. The molecule has 2 aromatic rings. The van der Waals surface area contributed by atoms with E-state index in [1.807, 2.05) is 20.0 Å². The van der Waals surface area contributed by atoms with Crippen molar-refractivity contribution in [2.45, 2.75) is 60.4 Å². The van der Waals surface area contributed by atoms with Gasteiger partial charge in [0, 0.05) is 42.2 Å². The second kappa shape index (κ2) is 11.5. The molecule has 1 amide bonds. The number of aromatic amines is 1. The van der Waals surface area contributed by atoms with Crippen LogP contribution >= 0.6 is 0 Å². The average molecular weight is 493 g/mol. The van der Waals surface area contributed by atoms with Gasteiger partial charge >= 0.3 is 0 Å². The summed E-state index contributed by atoms with van der Waals surface area (Å²) in [5.41, 5.74) is 4.63. The summed E-state index contributed by atoms with van der Waals surface area (Å²) in [7, 11) is 2.03. The third kappa shape index (κ3) is 5.66. The molecule has 1 aromatic heterocycles. The summed E-state index contributed by atoms with van der Waals surface area (Å²) in [5.74, 6) is -0.878. The number of aromatic nitrogens is 2. The highest BCUT2D eigenvalue weighted by atomic mass is 19.1. The molecule has 7 heteroatoms. The van der Waals surface area contributed by atoms with Gasteiger partial charge in [-0.1, -0.05) is 36.8 Å². The van der Waals surface area contributed by atoms with Crippen molar-refractivity contribution in [2.24, 2.45) is 0 Å². The van der Waals surface area contributed by atoms with Crippen molar-refractivity contribution >= 4 is 18.1 Å². The van der Waals surface area contributed by atoms with Gasteiger partial charge in [-0.3, -0.25) is 9.59 Å². The summed E-state index contributed by atoms with van der Waals surface area (Å²) in [6.07, 6.45) is 7.04. The van der Waals surface area contributed by atoms with Crippen LogP contribution in [0.3, 0.4) is 0 Å². The minimum atomic E-state index is -0.546. The number of carbonyl (C=O) groups is 1. The van der Waals surface area contributed by atoms with E-state index in [4.69, 9.17) is 0 Å². The molecule has 0 spiro atoms. The lowest BCUT2D eigenvalue weighted by Gasteiger charge is -2.27. The molecule has 0 atom stereocenters. The van der Waals surface area contributed by atoms with Crippen LogP contribution < -0.4 is 16.0 Å². The molecule has 1 N–H and O–H groups in total. The van der Waals surface area contributed by atoms with E-state index < -0.39 is 5.82 Å². The summed E-state index contributed by atoms with van der Waals surface area (Å²) in [6.45, 7) is 13.0. The summed E-state index contributed by atoms with van der Waals surface area (Å²) in [6, 6.07) is 4.88. The van der Waals surface area contributed by atoms with Gasteiger partial charge in [0.25, 0.3) is 11.5 Å². The van der Waals surface area contributed by atoms with E-state index in [0.29, 0.717) is 30.4 Å². The Morgan fingerprint density at radius 3 is 2.53 bits per heavy atom. The van der Waals surface area contributed by atoms with E-state index in [-0.39, 0.29) is 23.1 Å². The van der Waals surface area contributed by atoms with Crippen LogP contribution in [0.5, 0.6) is 0 Å². The van der Waals surface area contributed by atoms with Crippen molar-refractivity contribution in [3.05, 3.63) is 84.5 Å². The maximum atomic E-state index is 14.9. The predicted molar refractivity (Wildman–Crippen MR) is 143 cm³/mol. The minimum absolute atomic E-state index is 0.0465. The summed E-state index contributed by atoms with van der Waals surface area (Å²) in [5, 5.41) is 8.05. The van der Waals surface area contributed by atoms with E-state index in [1.165, 1.54) is 11.6 Å². The number of halogens is 1. The molecule has 1 aromatic carbocycles. The van der Waals surface area contributed by atoms with Crippen molar-refractivity contribution in [1.29, 1.82) is 0 Å². The Balaban J connectivity index is 1.94. The van der Waals surface area contributed by atoms with Crippen molar-refractivity contribution in [1.82, 2.24) is 20.0 Å². The molecule has 3 rings (SSSR count). The number of rotatable bonds is 7. The SMILES string of the molecule is CC=c1c(Cc2ccc(F)c(C(=O)N3CC(C=C(C)CC)=C(N(C)C(C)C)C3)c2)n[nH]c(=O)c1=CC. The zero-order chi connectivity index (χ0) is 26.6. The molecule has 0 unspecified atom stereocenters. The number of benzene rings is 1. The molecule has 0 bridgehead atoms. The molecule has 0 saturated carbocycles. The number of H-pyrrole nitrogens is 1. The first-order valence-electron chi connectivity index (χ1n) is 12.5. The van der Waals surface area contributed by atoms with Gasteiger partial charge in [-0.25, -0.2) is 9.49 Å². The first-order chi connectivity index (χ1) is 17.1. The van der Waals surface area contributed by atoms with Crippen molar-refractivity contribution in [2.75, 3.05) is 20.1 Å². The molecule has 1 aliphatic rings. The number of nitrogens with one attached hydrogen (secondary N) is 1. The Labute approximate surface area is 212 Å². The van der Waals surface area contributed by atoms with E-state index in [9.17, 15) is 14.0 Å². The number of nitrogens with zero attached hydrogens (tertiary/aromatic N) is 3. The smallest absolute Gasteiger partial charge is 0.271 e. The molecule has 36 heavy (non-hydrogen) atoms. The Hall–Kier alpha value is -3.48. The fourth-order valence-corrected chi connectivity index (χ4v) is 4.43. The van der Waals surface area contributed by atoms with Crippen molar-refractivity contribution in [3.63, 3.8) is 0 Å². The van der Waals surface area contributed by atoms with Gasteiger partial charge in [0.2, 0.25) is 0 Å². The first kappa shape index (κ1) is 27.1. The number of carbonyl (C=O) groups excluding carboxylic acids is 1. The van der Waals surface area contributed by atoms with E-state index >= 15 is 0 Å². The number of hydrogen-bond acceptors (Lipinski definition) is 4. The molecule has 1 aliphatic heterocycles. The zero-order valence-electron chi connectivity index (χ0n) is 22.4. The van der Waals surface area contributed by atoms with Crippen LogP contribution in [0, 0.1) is 5.82 Å². The fraction of sp³-hybridized carbons (Fsp3) is 0.414. The van der Waals surface area contributed by atoms with Crippen LogP contribution in [0.1, 0.15) is 69.6 Å². The van der Waals surface area contributed by atoms with Crippen LogP contribution in [0.15, 0.2) is 45.9 Å². The van der Waals surface area contributed by atoms with E-state index in [2.05, 4.69) is 48.9 Å². The normalized spacial score (nSPS) is 15.5. The second-order valence-electron chi connectivity index (χ2n) is 9.58. The van der Waals surface area contributed by atoms with Crippen LogP contribution in [0.4, 0.5) is 4.39 Å². The summed E-state index contributed by atoms with van der Waals surface area (Å²) < 4.78 is 14.9. The monoisotopic (exact) mass is 492 g/mol. The minimum Gasteiger partial charge on any atom is -0.374 e. The Morgan fingerprint density at radius 2 is 1.92 bits per heavy atom. The quantitative estimate of drug-likeness (QED) is 0.642. The lowest BCUT2D eigenvalue weighted by atomic mass is 10.0. The van der Waals surface area contributed by atoms with Gasteiger partial charge in [0.15, 0.2) is 0 Å². The molecule has 2 heterocycles. The maximum Gasteiger partial charge on any atom is 0.271 e. The summed E-state index contributed by atoms with van der Waals surface area (Å²) >= 11 is 0. The Morgan fingerprint density at radius 1 is 1.22 bits per heavy atom. The van der Waals surface area contributed by atoms with Crippen LogP contribution in [-0.4, -0.2) is 52.1 Å². The third-order valence-corrected chi connectivity index (χ3v) is 6.89. The van der Waals surface area contributed by atoms with Crippen molar-refractivity contribution < 1.29 is 9.18 Å². The molecule has 0 saturated heterocycles. The molecule has 0 radical (unpaired) electrons. The van der Waals surface area contributed by atoms with Gasteiger partial charge < -0.3 is 9.80 Å². The standard InChI is InChI=1S/C29H37FN4O2/c1-8-19(6)13-21-16-34(17-27(21)33(7)18(4)5)29(36)24-14-20(11-12-25(24)30)15-26-22(9-2)23(10-3)28(35)32-31-26/h9-14,18H,8,15-17H2,1-7H3,(H,32,35). The van der Waals surface area contributed by atoms with Crippen LogP contribution in [0.25, 0.3) is 12.2 Å². The molecule has 0 aliphatic carbocycles. The zero-order valence-corrected chi connectivity index (χ0v) is 22.4. The van der Waals surface area contributed by atoms with Crippen LogP contribution in [-0.2, 0) is 6.42 Å². The lowest BCUT2D eigenvalue weighted by Crippen LogP contribution is -2.43. The molecule has 192 valence electrons. The number of likely N-dealkylation sites (N-methyl/N-ethyl adjacent to an activating group) is 1. The molecular formula is C29H37FN4O2. The number of amides is 1. The van der Waals surface area contributed by atoms with Gasteiger partial charge in [-0.15, -0.1) is 0 Å². The lowest BCUT2D eigenvalue weighted by molar-refractivity contribution is 0.0785. The summed E-state index contributed by atoms with van der Waals surface area (Å²) in [4.78, 5) is 29.5. The average Bonchev–Trinajstić information content (AvgIpc) is 3.28. The third-order valence-electron chi connectivity index (χ3n) is 6.89. The topological polar surface area (TPSA) is 69.3 Å². The Bertz CT molecular complexity index is 1380. The van der Waals surface area contributed by atoms with Crippen molar-refractivity contribution in [3.8, 4) is 0 Å². The highest BCUT2D eigenvalue weighted by Gasteiger charge is 2.30. The van der Waals surface area contributed by atoms with Gasteiger partial charge in [0.1, 0.15) is 5.82 Å². The predicted octanol–water partition coefficient (Wildman–Crippen LogP) is 3.51. The largest absolute Gasteiger partial charge is 0.374 e. The number of hydrogen-bond donors (Lipinski definition) is 1. The fourth-order valence-electron chi connectivity index (χ4n) is 4.43. The van der Waals surface area contributed by atoms with E-state index in [0.717, 1.165) is 28.5 Å². The maximum absolute atomic E-state index is 14.9. The first-order valence-corrected chi connectivity index (χ1v) is 12.5. The Kier molecular flexibility index (Phi) is 8.66. The molecular weight excluding hydrogens is 455 g/mol. The second-order valence-corrected chi connectivity index (χ2v) is 9.58.